The number of halogens is 1. The fourth-order valence-corrected chi connectivity index (χ4v) is 1.96. The van der Waals surface area contributed by atoms with E-state index < -0.39 is 18.0 Å². The third-order valence-corrected chi connectivity index (χ3v) is 3.34. The predicted octanol–water partition coefficient (Wildman–Crippen LogP) is 1.49. The van der Waals surface area contributed by atoms with Crippen molar-refractivity contribution in [3.8, 4) is 0 Å². The number of aliphatic hydroxyl groups is 1. The monoisotopic (exact) mass is 358 g/mol. The lowest BCUT2D eigenvalue weighted by Gasteiger charge is -2.13. The van der Waals surface area contributed by atoms with Gasteiger partial charge in [0.25, 0.3) is 0 Å². The number of carboxylic acid groups (broad SMARTS) is 1. The SMILES string of the molecule is CCOC(=O)c1ccc(C(O)C(=O)O)c(CC(=O)CBr)c1. The number of carboxylic acids is 1. The summed E-state index contributed by atoms with van der Waals surface area (Å²) in [5.41, 5.74) is 0.584. The van der Waals surface area contributed by atoms with Crippen LogP contribution in [0.1, 0.15) is 34.5 Å². The Hall–Kier alpha value is -1.73. The van der Waals surface area contributed by atoms with E-state index in [1.807, 2.05) is 0 Å². The minimum Gasteiger partial charge on any atom is -0.479 e. The Balaban J connectivity index is 3.22. The van der Waals surface area contributed by atoms with Gasteiger partial charge in [0, 0.05) is 6.42 Å². The van der Waals surface area contributed by atoms with Crippen LogP contribution in [0, 0.1) is 0 Å². The molecule has 7 heteroatoms. The van der Waals surface area contributed by atoms with Gasteiger partial charge in [0.05, 0.1) is 17.5 Å². The Morgan fingerprint density at radius 1 is 1.33 bits per heavy atom. The van der Waals surface area contributed by atoms with Crippen molar-refractivity contribution in [1.82, 2.24) is 0 Å². The highest BCUT2D eigenvalue weighted by Crippen LogP contribution is 2.22. The Morgan fingerprint density at radius 2 is 2.00 bits per heavy atom. The summed E-state index contributed by atoms with van der Waals surface area (Å²) in [6.45, 7) is 1.86. The molecule has 21 heavy (non-hydrogen) atoms. The molecule has 1 aromatic carbocycles. The summed E-state index contributed by atoms with van der Waals surface area (Å²) in [7, 11) is 0. The van der Waals surface area contributed by atoms with Crippen molar-refractivity contribution in [2.75, 3.05) is 11.9 Å². The maximum Gasteiger partial charge on any atom is 0.338 e. The van der Waals surface area contributed by atoms with E-state index in [9.17, 15) is 19.5 Å². The van der Waals surface area contributed by atoms with Crippen LogP contribution in [-0.4, -0.2) is 39.9 Å². The van der Waals surface area contributed by atoms with Crippen LogP contribution in [0.15, 0.2) is 18.2 Å². The number of aliphatic hydroxyl groups excluding tert-OH is 1. The van der Waals surface area contributed by atoms with Crippen molar-refractivity contribution in [2.45, 2.75) is 19.4 Å². The van der Waals surface area contributed by atoms with Crippen LogP contribution in [-0.2, 0) is 20.7 Å². The average Bonchev–Trinajstić information content (AvgIpc) is 2.46. The van der Waals surface area contributed by atoms with Gasteiger partial charge in [-0.2, -0.15) is 0 Å². The lowest BCUT2D eigenvalue weighted by atomic mass is 9.96. The second-order valence-corrected chi connectivity index (χ2v) is 4.78. The number of benzene rings is 1. The van der Waals surface area contributed by atoms with Gasteiger partial charge in [0.1, 0.15) is 5.78 Å². The first-order valence-electron chi connectivity index (χ1n) is 6.19. The molecule has 0 radical (unpaired) electrons. The largest absolute Gasteiger partial charge is 0.479 e. The van der Waals surface area contributed by atoms with Crippen molar-refractivity contribution < 1.29 is 29.3 Å². The molecule has 0 fully saturated rings. The number of alkyl halides is 1. The zero-order valence-electron chi connectivity index (χ0n) is 11.3. The molecular formula is C14H15BrO6. The normalized spacial score (nSPS) is 11.8. The Labute approximate surface area is 129 Å². The molecule has 1 rings (SSSR count). The molecule has 1 unspecified atom stereocenters. The highest BCUT2D eigenvalue weighted by atomic mass is 79.9. The number of carbonyl (C=O) groups is 3. The molecule has 114 valence electrons. The number of Topliss-reactive ketones (excluding diaryl/α,β-unsaturated/α-hetero) is 1. The van der Waals surface area contributed by atoms with Crippen molar-refractivity contribution in [3.63, 3.8) is 0 Å². The number of hydrogen-bond donors (Lipinski definition) is 2. The molecule has 0 amide bonds. The smallest absolute Gasteiger partial charge is 0.338 e. The van der Waals surface area contributed by atoms with Crippen molar-refractivity contribution in [2.24, 2.45) is 0 Å². The summed E-state index contributed by atoms with van der Waals surface area (Å²) >= 11 is 3.02. The van der Waals surface area contributed by atoms with Crippen LogP contribution in [0.2, 0.25) is 0 Å². The number of rotatable bonds is 7. The standard InChI is InChI=1S/C14H15BrO6/c1-2-21-14(20)8-3-4-11(12(17)13(18)19)9(5-8)6-10(16)7-15/h3-5,12,17H,2,6-7H2,1H3,(H,18,19). The Kier molecular flexibility index (Phi) is 6.51. The lowest BCUT2D eigenvalue weighted by molar-refractivity contribution is -0.147. The second-order valence-electron chi connectivity index (χ2n) is 4.22. The molecule has 0 heterocycles. The summed E-state index contributed by atoms with van der Waals surface area (Å²) in [6.07, 6.45) is -1.84. The lowest BCUT2D eigenvalue weighted by Crippen LogP contribution is -2.16. The highest BCUT2D eigenvalue weighted by Gasteiger charge is 2.22. The van der Waals surface area contributed by atoms with Gasteiger partial charge in [0.2, 0.25) is 0 Å². The maximum absolute atomic E-state index is 11.7. The number of ether oxygens (including phenoxy) is 1. The summed E-state index contributed by atoms with van der Waals surface area (Å²) in [5, 5.41) is 18.6. The molecule has 0 saturated carbocycles. The quantitative estimate of drug-likeness (QED) is 0.565. The van der Waals surface area contributed by atoms with Crippen molar-refractivity contribution >= 4 is 33.7 Å². The average molecular weight is 359 g/mol. The zero-order valence-corrected chi connectivity index (χ0v) is 12.9. The number of esters is 1. The zero-order chi connectivity index (χ0) is 16.0. The first-order valence-corrected chi connectivity index (χ1v) is 7.31. The highest BCUT2D eigenvalue weighted by molar-refractivity contribution is 9.09. The van der Waals surface area contributed by atoms with Crippen LogP contribution < -0.4 is 0 Å². The first-order chi connectivity index (χ1) is 9.90. The van der Waals surface area contributed by atoms with E-state index in [1.54, 1.807) is 6.92 Å². The van der Waals surface area contributed by atoms with E-state index in [-0.39, 0.29) is 35.3 Å². The fraction of sp³-hybridized carbons (Fsp3) is 0.357. The number of aliphatic carboxylic acids is 1. The van der Waals surface area contributed by atoms with Crippen LogP contribution in [0.3, 0.4) is 0 Å². The second kappa shape index (κ2) is 7.90. The van der Waals surface area contributed by atoms with E-state index in [4.69, 9.17) is 9.84 Å². The van der Waals surface area contributed by atoms with Gasteiger partial charge in [-0.05, 0) is 30.2 Å². The van der Waals surface area contributed by atoms with Gasteiger partial charge in [-0.15, -0.1) is 0 Å². The summed E-state index contributed by atoms with van der Waals surface area (Å²) in [5.74, 6) is -2.19. The molecule has 1 atom stereocenters. The van der Waals surface area contributed by atoms with Gasteiger partial charge in [-0.1, -0.05) is 22.0 Å². The van der Waals surface area contributed by atoms with Crippen molar-refractivity contribution in [3.05, 3.63) is 34.9 Å². The molecule has 0 aliphatic heterocycles. The molecule has 0 aliphatic carbocycles. The van der Waals surface area contributed by atoms with Gasteiger partial charge >= 0.3 is 11.9 Å². The number of carbonyl (C=O) groups excluding carboxylic acids is 2. The van der Waals surface area contributed by atoms with Crippen LogP contribution in [0.5, 0.6) is 0 Å². The van der Waals surface area contributed by atoms with Gasteiger partial charge < -0.3 is 14.9 Å². The molecule has 0 aromatic heterocycles. The molecule has 0 aliphatic rings. The van der Waals surface area contributed by atoms with E-state index >= 15 is 0 Å². The van der Waals surface area contributed by atoms with Gasteiger partial charge in [0.15, 0.2) is 6.10 Å². The number of hydrogen-bond acceptors (Lipinski definition) is 5. The molecular weight excluding hydrogens is 344 g/mol. The molecule has 0 saturated heterocycles. The molecule has 6 nitrogen and oxygen atoms in total. The van der Waals surface area contributed by atoms with Crippen molar-refractivity contribution in [1.29, 1.82) is 0 Å². The molecule has 0 bridgehead atoms. The molecule has 2 N–H and O–H groups in total. The van der Waals surface area contributed by atoms with E-state index in [0.29, 0.717) is 5.56 Å². The third kappa shape index (κ3) is 4.64. The Bertz CT molecular complexity index is 554. The maximum atomic E-state index is 11.7. The molecule has 1 aromatic rings. The fourth-order valence-electron chi connectivity index (χ4n) is 1.76. The summed E-state index contributed by atoms with van der Waals surface area (Å²) < 4.78 is 4.85. The van der Waals surface area contributed by atoms with Gasteiger partial charge in [-0.25, -0.2) is 9.59 Å². The van der Waals surface area contributed by atoms with Crippen LogP contribution in [0.4, 0.5) is 0 Å². The van der Waals surface area contributed by atoms with Crippen LogP contribution in [0.25, 0.3) is 0 Å². The predicted molar refractivity (Wildman–Crippen MR) is 77.5 cm³/mol. The topological polar surface area (TPSA) is 101 Å². The third-order valence-electron chi connectivity index (χ3n) is 2.72. The minimum atomic E-state index is -1.75. The van der Waals surface area contributed by atoms with Gasteiger partial charge in [-0.3, -0.25) is 4.79 Å². The van der Waals surface area contributed by atoms with Crippen LogP contribution >= 0.6 is 15.9 Å². The number of ketones is 1. The Morgan fingerprint density at radius 3 is 2.52 bits per heavy atom. The first kappa shape index (κ1) is 17.3. The van der Waals surface area contributed by atoms with E-state index in [0.717, 1.165) is 0 Å². The van der Waals surface area contributed by atoms with E-state index in [2.05, 4.69) is 15.9 Å². The summed E-state index contributed by atoms with van der Waals surface area (Å²) in [6, 6.07) is 4.06. The molecule has 0 spiro atoms. The summed E-state index contributed by atoms with van der Waals surface area (Å²) in [4.78, 5) is 34.1. The van der Waals surface area contributed by atoms with E-state index in [1.165, 1.54) is 18.2 Å². The minimum absolute atomic E-state index is 0.0852.